The van der Waals surface area contributed by atoms with Gasteiger partial charge in [-0.15, -0.1) is 11.8 Å². The van der Waals surface area contributed by atoms with Gasteiger partial charge >= 0.3 is 6.09 Å². The molecule has 212 valence electrons. The molecule has 0 spiro atoms. The van der Waals surface area contributed by atoms with E-state index in [2.05, 4.69) is 10.6 Å². The first kappa shape index (κ1) is 30.3. The number of thioether (sulfide) groups is 1. The topological polar surface area (TPSA) is 128 Å². The first-order valence-corrected chi connectivity index (χ1v) is 13.9. The van der Waals surface area contributed by atoms with Crippen molar-refractivity contribution in [3.8, 4) is 5.75 Å². The number of phenolic OH excluding ortho intramolecular Hbond substituents is 1. The van der Waals surface area contributed by atoms with Crippen molar-refractivity contribution < 1.29 is 29.3 Å². The summed E-state index contributed by atoms with van der Waals surface area (Å²) in [5, 5.41) is 26.8. The third-order valence-corrected chi connectivity index (χ3v) is 7.96. The number of nitrogens with zero attached hydrogens (tertiary/aromatic N) is 1. The van der Waals surface area contributed by atoms with Crippen molar-refractivity contribution in [2.24, 2.45) is 0 Å². The number of aromatic hydroxyl groups is 1. The van der Waals surface area contributed by atoms with Crippen molar-refractivity contribution in [1.29, 1.82) is 0 Å². The highest BCUT2D eigenvalue weighted by atomic mass is 32.2. The first-order valence-electron chi connectivity index (χ1n) is 12.9. The lowest BCUT2D eigenvalue weighted by Crippen LogP contribution is -2.58. The van der Waals surface area contributed by atoms with Crippen LogP contribution in [-0.4, -0.2) is 67.4 Å². The van der Waals surface area contributed by atoms with Gasteiger partial charge in [0, 0.05) is 11.3 Å². The molecule has 39 heavy (non-hydrogen) atoms. The number of aliphatic hydroxyl groups is 1. The second-order valence-corrected chi connectivity index (χ2v) is 12.9. The van der Waals surface area contributed by atoms with Crippen molar-refractivity contribution in [1.82, 2.24) is 15.5 Å². The minimum atomic E-state index is -1.61. The van der Waals surface area contributed by atoms with E-state index in [-0.39, 0.29) is 30.5 Å². The van der Waals surface area contributed by atoms with Gasteiger partial charge in [-0.3, -0.25) is 9.59 Å². The number of benzene rings is 2. The zero-order chi connectivity index (χ0) is 29.0. The molecule has 0 aliphatic carbocycles. The van der Waals surface area contributed by atoms with Crippen LogP contribution in [0.2, 0.25) is 0 Å². The highest BCUT2D eigenvalue weighted by molar-refractivity contribution is 8.00. The van der Waals surface area contributed by atoms with Crippen molar-refractivity contribution in [2.75, 3.05) is 5.88 Å². The predicted octanol–water partition coefficient (Wildman–Crippen LogP) is 3.49. The summed E-state index contributed by atoms with van der Waals surface area (Å²) in [5.41, 5.74) is 1.48. The number of hydrogen-bond acceptors (Lipinski definition) is 7. The number of carbonyl (C=O) groups excluding carboxylic acids is 3. The number of phenols is 1. The molecule has 10 heteroatoms. The van der Waals surface area contributed by atoms with Crippen LogP contribution >= 0.6 is 11.8 Å². The number of ether oxygens (including phenoxy) is 1. The van der Waals surface area contributed by atoms with Crippen LogP contribution in [0.1, 0.15) is 51.3 Å². The molecule has 3 amide bonds. The molecule has 0 bridgehead atoms. The summed E-state index contributed by atoms with van der Waals surface area (Å²) in [7, 11) is 0. The van der Waals surface area contributed by atoms with Crippen LogP contribution < -0.4 is 10.6 Å². The second kappa shape index (κ2) is 12.3. The molecule has 1 aliphatic heterocycles. The summed E-state index contributed by atoms with van der Waals surface area (Å²) in [4.78, 5) is 41.1. The van der Waals surface area contributed by atoms with Crippen LogP contribution in [-0.2, 0) is 27.3 Å². The van der Waals surface area contributed by atoms with E-state index in [1.807, 2.05) is 50.2 Å². The van der Waals surface area contributed by atoms with Gasteiger partial charge in [0.2, 0.25) is 5.91 Å². The summed E-state index contributed by atoms with van der Waals surface area (Å²) in [6, 6.07) is 12.5. The Bertz CT molecular complexity index is 1180. The maximum absolute atomic E-state index is 13.7. The van der Waals surface area contributed by atoms with E-state index >= 15 is 0 Å². The van der Waals surface area contributed by atoms with Crippen LogP contribution in [0.5, 0.6) is 5.75 Å². The normalized spacial score (nSPS) is 18.2. The Kier molecular flexibility index (Phi) is 9.55. The van der Waals surface area contributed by atoms with E-state index in [0.29, 0.717) is 5.56 Å². The number of amides is 3. The van der Waals surface area contributed by atoms with E-state index in [1.54, 1.807) is 39.8 Å². The Hall–Kier alpha value is -3.24. The van der Waals surface area contributed by atoms with Gasteiger partial charge < -0.3 is 30.5 Å². The fourth-order valence-electron chi connectivity index (χ4n) is 4.46. The maximum atomic E-state index is 13.7. The van der Waals surface area contributed by atoms with Crippen LogP contribution in [0.15, 0.2) is 48.5 Å². The molecule has 0 radical (unpaired) electrons. The van der Waals surface area contributed by atoms with Crippen LogP contribution in [0, 0.1) is 6.92 Å². The Morgan fingerprint density at radius 3 is 2.44 bits per heavy atom. The number of aliphatic hydroxyl groups excluding tert-OH is 1. The van der Waals surface area contributed by atoms with E-state index in [9.17, 15) is 24.6 Å². The standard InChI is InChI=1S/C29H39N3O6S/c1-18-20(13-10-14-22(18)33)16-30-25(35)24-29(5,6)39-17-32(24)26(36)23(34)21(15-19-11-8-7-9-12-19)31-27(37)38-28(2,3)4/h7-14,21,23-24,33-34H,15-17H2,1-6H3,(H,30,35)(H,31,37)/t21-,23-,24+/m0/s1. The van der Waals surface area contributed by atoms with E-state index in [1.165, 1.54) is 16.7 Å². The van der Waals surface area contributed by atoms with Crippen LogP contribution in [0.4, 0.5) is 4.79 Å². The fourth-order valence-corrected chi connectivity index (χ4v) is 5.60. The molecule has 3 atom stereocenters. The highest BCUT2D eigenvalue weighted by Crippen LogP contribution is 2.40. The number of carbonyl (C=O) groups is 3. The first-order chi connectivity index (χ1) is 18.2. The van der Waals surface area contributed by atoms with Crippen molar-refractivity contribution in [2.45, 2.75) is 83.0 Å². The third kappa shape index (κ3) is 7.89. The summed E-state index contributed by atoms with van der Waals surface area (Å²) in [6.07, 6.45) is -2.18. The van der Waals surface area contributed by atoms with Gasteiger partial charge in [-0.25, -0.2) is 4.79 Å². The molecule has 0 saturated carbocycles. The van der Waals surface area contributed by atoms with Gasteiger partial charge in [0.15, 0.2) is 6.10 Å². The number of hydrogen-bond donors (Lipinski definition) is 4. The molecule has 3 rings (SSSR count). The largest absolute Gasteiger partial charge is 0.508 e. The zero-order valence-corrected chi connectivity index (χ0v) is 24.2. The fraction of sp³-hybridized carbons (Fsp3) is 0.483. The van der Waals surface area contributed by atoms with Gasteiger partial charge in [0.1, 0.15) is 17.4 Å². The molecule has 1 aliphatic rings. The average molecular weight is 558 g/mol. The SMILES string of the molecule is Cc1c(O)cccc1CNC(=O)[C@H]1N(C(=O)[C@@H](O)[C@H](Cc2ccccc2)NC(=O)OC(C)(C)C)CSC1(C)C. The van der Waals surface area contributed by atoms with Crippen molar-refractivity contribution in [3.05, 3.63) is 65.2 Å². The molecular weight excluding hydrogens is 518 g/mol. The van der Waals surface area contributed by atoms with Crippen LogP contribution in [0.25, 0.3) is 0 Å². The van der Waals surface area contributed by atoms with E-state index in [4.69, 9.17) is 4.74 Å². The number of nitrogens with one attached hydrogen (secondary N) is 2. The van der Waals surface area contributed by atoms with Crippen molar-refractivity contribution in [3.63, 3.8) is 0 Å². The second-order valence-electron chi connectivity index (χ2n) is 11.3. The summed E-state index contributed by atoms with van der Waals surface area (Å²) in [6.45, 7) is 10.9. The molecule has 1 saturated heterocycles. The molecule has 9 nitrogen and oxygen atoms in total. The van der Waals surface area contributed by atoms with Crippen LogP contribution in [0.3, 0.4) is 0 Å². The smallest absolute Gasteiger partial charge is 0.407 e. The Morgan fingerprint density at radius 1 is 1.13 bits per heavy atom. The van der Waals surface area contributed by atoms with Gasteiger partial charge in [0.25, 0.3) is 5.91 Å². The lowest BCUT2D eigenvalue weighted by molar-refractivity contribution is -0.147. The van der Waals surface area contributed by atoms with Gasteiger partial charge in [-0.05, 0) is 70.7 Å². The monoisotopic (exact) mass is 557 g/mol. The minimum Gasteiger partial charge on any atom is -0.508 e. The summed E-state index contributed by atoms with van der Waals surface area (Å²) < 4.78 is 4.75. The summed E-state index contributed by atoms with van der Waals surface area (Å²) in [5.74, 6) is -0.677. The Labute approximate surface area is 234 Å². The van der Waals surface area contributed by atoms with Gasteiger partial charge in [-0.1, -0.05) is 42.5 Å². The molecule has 0 aromatic heterocycles. The van der Waals surface area contributed by atoms with Crippen molar-refractivity contribution >= 4 is 29.7 Å². The zero-order valence-electron chi connectivity index (χ0n) is 23.4. The number of alkyl carbamates (subject to hydrolysis) is 1. The van der Waals surface area contributed by atoms with Gasteiger partial charge in [-0.2, -0.15) is 0 Å². The molecule has 4 N–H and O–H groups in total. The molecular formula is C29H39N3O6S. The maximum Gasteiger partial charge on any atom is 0.407 e. The molecule has 1 fully saturated rings. The minimum absolute atomic E-state index is 0.139. The van der Waals surface area contributed by atoms with Gasteiger partial charge in [0.05, 0.1) is 11.9 Å². The summed E-state index contributed by atoms with van der Waals surface area (Å²) >= 11 is 1.44. The quantitative estimate of drug-likeness (QED) is 0.391. The van der Waals surface area contributed by atoms with E-state index in [0.717, 1.165) is 11.1 Å². The Morgan fingerprint density at radius 2 is 1.79 bits per heavy atom. The predicted molar refractivity (Wildman–Crippen MR) is 151 cm³/mol. The third-order valence-electron chi connectivity index (χ3n) is 6.58. The molecule has 2 aromatic rings. The molecule has 0 unspecified atom stereocenters. The lowest BCUT2D eigenvalue weighted by atomic mass is 9.97. The number of rotatable bonds is 8. The average Bonchev–Trinajstić information content (AvgIpc) is 3.17. The highest BCUT2D eigenvalue weighted by Gasteiger charge is 2.49. The van der Waals surface area contributed by atoms with E-state index < -0.39 is 40.5 Å². The Balaban J connectivity index is 1.80. The molecule has 2 aromatic carbocycles. The molecule has 1 heterocycles. The lowest BCUT2D eigenvalue weighted by Gasteiger charge is -2.33.